The molecule has 0 bridgehead atoms. The molecule has 3 aromatic rings. The maximum absolute atomic E-state index is 11.4. The van der Waals surface area contributed by atoms with E-state index in [1.54, 1.807) is 19.0 Å². The van der Waals surface area contributed by atoms with Gasteiger partial charge in [-0.1, -0.05) is 43.2 Å². The lowest BCUT2D eigenvalue weighted by molar-refractivity contribution is -0.120. The summed E-state index contributed by atoms with van der Waals surface area (Å²) in [4.78, 5) is 19.7. The number of imidazole rings is 1. The topological polar surface area (TPSA) is 78.8 Å². The van der Waals surface area contributed by atoms with Crippen LogP contribution in [0.15, 0.2) is 54.2 Å². The van der Waals surface area contributed by atoms with Crippen LogP contribution in [0.4, 0.5) is 0 Å². The van der Waals surface area contributed by atoms with E-state index >= 15 is 0 Å². The average molecular weight is 451 g/mol. The summed E-state index contributed by atoms with van der Waals surface area (Å²) in [5.41, 5.74) is 4.21. The highest BCUT2D eigenvalue weighted by molar-refractivity contribution is 8.00. The Morgan fingerprint density at radius 1 is 1.19 bits per heavy atom. The van der Waals surface area contributed by atoms with Gasteiger partial charge < -0.3 is 10.3 Å². The van der Waals surface area contributed by atoms with E-state index < -0.39 is 0 Å². The molecule has 0 fully saturated rings. The quantitative estimate of drug-likeness (QED) is 0.346. The van der Waals surface area contributed by atoms with Gasteiger partial charge in [0.2, 0.25) is 5.91 Å². The van der Waals surface area contributed by atoms with Gasteiger partial charge in [0, 0.05) is 38.8 Å². The van der Waals surface area contributed by atoms with Gasteiger partial charge in [0.05, 0.1) is 23.6 Å². The molecule has 0 unspecified atom stereocenters. The Morgan fingerprint density at radius 2 is 2.00 bits per heavy atom. The molecule has 0 spiro atoms. The summed E-state index contributed by atoms with van der Waals surface area (Å²) in [7, 11) is 3.62. The molecule has 3 heterocycles. The van der Waals surface area contributed by atoms with E-state index in [-0.39, 0.29) is 11.9 Å². The number of nitrogens with zero attached hydrogens (tertiary/aromatic N) is 4. The molecule has 8 heteroatoms. The largest absolute Gasteiger partial charge is 0.359 e. The smallest absolute Gasteiger partial charge is 0.219 e. The number of rotatable bonds is 10. The van der Waals surface area contributed by atoms with E-state index in [0.717, 1.165) is 60.6 Å². The SMILES string of the molecule is CNC(=O)CCCCC[C@@H](c1ncc(-c2ccc(-c3ccn(C)n3)cc2)[nH]1)N1CC=CS1. The van der Waals surface area contributed by atoms with Gasteiger partial charge in [-0.15, -0.1) is 0 Å². The Labute approximate surface area is 193 Å². The van der Waals surface area contributed by atoms with Crippen LogP contribution in [0.25, 0.3) is 22.5 Å². The first kappa shape index (κ1) is 22.4. The number of unbranched alkanes of at least 4 members (excludes halogenated alkanes) is 2. The minimum Gasteiger partial charge on any atom is -0.359 e. The number of aryl methyl sites for hydroxylation is 1. The molecule has 1 aromatic carbocycles. The summed E-state index contributed by atoms with van der Waals surface area (Å²) in [5, 5.41) is 9.30. The zero-order valence-corrected chi connectivity index (χ0v) is 19.4. The lowest BCUT2D eigenvalue weighted by Crippen LogP contribution is -2.21. The fourth-order valence-electron chi connectivity index (χ4n) is 3.90. The Balaban J connectivity index is 1.42. The van der Waals surface area contributed by atoms with Gasteiger partial charge >= 0.3 is 0 Å². The van der Waals surface area contributed by atoms with Crippen molar-refractivity contribution < 1.29 is 4.79 Å². The zero-order valence-electron chi connectivity index (χ0n) is 18.6. The number of benzene rings is 1. The molecule has 7 nitrogen and oxygen atoms in total. The molecule has 0 radical (unpaired) electrons. The molecule has 32 heavy (non-hydrogen) atoms. The van der Waals surface area contributed by atoms with E-state index in [1.165, 1.54) is 0 Å². The lowest BCUT2D eigenvalue weighted by Gasteiger charge is -2.24. The van der Waals surface area contributed by atoms with Gasteiger partial charge in [0.15, 0.2) is 0 Å². The number of aromatic amines is 1. The van der Waals surface area contributed by atoms with Crippen LogP contribution in [0.5, 0.6) is 0 Å². The fourth-order valence-corrected chi connectivity index (χ4v) is 4.75. The average Bonchev–Trinajstić information content (AvgIpc) is 3.58. The number of H-pyrrole nitrogens is 1. The molecule has 0 saturated carbocycles. The summed E-state index contributed by atoms with van der Waals surface area (Å²) >= 11 is 1.74. The maximum atomic E-state index is 11.4. The van der Waals surface area contributed by atoms with Crippen LogP contribution in [0.3, 0.4) is 0 Å². The van der Waals surface area contributed by atoms with Crippen molar-refractivity contribution in [2.24, 2.45) is 7.05 Å². The molecule has 1 aliphatic rings. The Morgan fingerprint density at radius 3 is 2.69 bits per heavy atom. The summed E-state index contributed by atoms with van der Waals surface area (Å²) < 4.78 is 4.18. The second-order valence-corrected chi connectivity index (χ2v) is 8.95. The van der Waals surface area contributed by atoms with E-state index in [0.29, 0.717) is 6.42 Å². The number of carbonyl (C=O) groups excluding carboxylic acids is 1. The van der Waals surface area contributed by atoms with E-state index in [4.69, 9.17) is 4.98 Å². The lowest BCUT2D eigenvalue weighted by atomic mass is 10.1. The molecule has 2 N–H and O–H groups in total. The van der Waals surface area contributed by atoms with Crippen molar-refractivity contribution in [3.63, 3.8) is 0 Å². The fraction of sp³-hybridized carbons (Fsp3) is 0.375. The first-order chi connectivity index (χ1) is 15.6. The van der Waals surface area contributed by atoms with Gasteiger partial charge in [0.1, 0.15) is 5.82 Å². The van der Waals surface area contributed by atoms with Crippen LogP contribution in [0.1, 0.15) is 44.0 Å². The summed E-state index contributed by atoms with van der Waals surface area (Å²) in [6.45, 7) is 0.919. The second-order valence-electron chi connectivity index (χ2n) is 8.00. The third-order valence-corrected chi connectivity index (χ3v) is 6.69. The highest BCUT2D eigenvalue weighted by Gasteiger charge is 2.24. The van der Waals surface area contributed by atoms with Crippen molar-refractivity contribution in [1.29, 1.82) is 0 Å². The predicted molar refractivity (Wildman–Crippen MR) is 130 cm³/mol. The van der Waals surface area contributed by atoms with Gasteiger partial charge in [-0.3, -0.25) is 9.48 Å². The van der Waals surface area contributed by atoms with Crippen LogP contribution in [0, 0.1) is 0 Å². The minimum absolute atomic E-state index is 0.116. The molecular formula is C24H30N6OS. The second kappa shape index (κ2) is 10.7. The Hall–Kier alpha value is -2.84. The number of amides is 1. The first-order valence-electron chi connectivity index (χ1n) is 11.1. The summed E-state index contributed by atoms with van der Waals surface area (Å²) in [5.74, 6) is 1.11. The van der Waals surface area contributed by atoms with Crippen LogP contribution < -0.4 is 5.32 Å². The molecule has 168 valence electrons. The minimum atomic E-state index is 0.116. The van der Waals surface area contributed by atoms with Crippen molar-refractivity contribution in [2.75, 3.05) is 13.6 Å². The van der Waals surface area contributed by atoms with Crippen molar-refractivity contribution in [3.05, 3.63) is 60.0 Å². The monoisotopic (exact) mass is 450 g/mol. The van der Waals surface area contributed by atoms with Crippen molar-refractivity contribution >= 4 is 17.9 Å². The van der Waals surface area contributed by atoms with Crippen LogP contribution in [-0.4, -0.2) is 43.6 Å². The van der Waals surface area contributed by atoms with E-state index in [2.05, 4.69) is 55.5 Å². The molecule has 2 aromatic heterocycles. The molecule has 0 aliphatic carbocycles. The zero-order chi connectivity index (χ0) is 22.3. The molecule has 1 amide bonds. The predicted octanol–water partition coefficient (Wildman–Crippen LogP) is 4.69. The number of carbonyl (C=O) groups is 1. The normalized spacial score (nSPS) is 14.7. The summed E-state index contributed by atoms with van der Waals surface area (Å²) in [6, 6.07) is 10.7. The Kier molecular flexibility index (Phi) is 7.44. The van der Waals surface area contributed by atoms with E-state index in [9.17, 15) is 4.79 Å². The number of aromatic nitrogens is 4. The standard InChI is InChI=1S/C24H30N6OS/c1-25-23(31)8-5-3-4-7-22(30-14-6-16-32-30)24-26-17-21(27-24)19-11-9-18(10-12-19)20-13-15-29(2)28-20/h6,9-13,15-17,22H,3-5,7-8,14H2,1-2H3,(H,25,31)(H,26,27)/t22-/m0/s1. The Bertz CT molecular complexity index is 1050. The maximum Gasteiger partial charge on any atom is 0.219 e. The van der Waals surface area contributed by atoms with Gasteiger partial charge in [0.25, 0.3) is 0 Å². The molecule has 4 rings (SSSR count). The summed E-state index contributed by atoms with van der Waals surface area (Å²) in [6.07, 6.45) is 10.7. The van der Waals surface area contributed by atoms with Crippen molar-refractivity contribution in [1.82, 2.24) is 29.4 Å². The van der Waals surface area contributed by atoms with Crippen molar-refractivity contribution in [3.8, 4) is 22.5 Å². The van der Waals surface area contributed by atoms with Crippen LogP contribution in [0.2, 0.25) is 0 Å². The third-order valence-electron chi connectivity index (χ3n) is 5.70. The van der Waals surface area contributed by atoms with Gasteiger partial charge in [-0.25, -0.2) is 9.29 Å². The number of hydrogen-bond donors (Lipinski definition) is 2. The molecule has 1 aliphatic heterocycles. The molecule has 0 saturated heterocycles. The third kappa shape index (κ3) is 5.49. The number of nitrogens with one attached hydrogen (secondary N) is 2. The van der Waals surface area contributed by atoms with Crippen LogP contribution >= 0.6 is 11.9 Å². The van der Waals surface area contributed by atoms with Crippen molar-refractivity contribution in [2.45, 2.75) is 38.1 Å². The van der Waals surface area contributed by atoms with Gasteiger partial charge in [-0.2, -0.15) is 5.10 Å². The molecular weight excluding hydrogens is 420 g/mol. The highest BCUT2D eigenvalue weighted by atomic mass is 32.2. The van der Waals surface area contributed by atoms with Gasteiger partial charge in [-0.05, 0) is 41.8 Å². The molecule has 1 atom stereocenters. The highest BCUT2D eigenvalue weighted by Crippen LogP contribution is 2.34. The number of hydrogen-bond acceptors (Lipinski definition) is 5. The first-order valence-corrected chi connectivity index (χ1v) is 11.9. The van der Waals surface area contributed by atoms with Crippen LogP contribution in [-0.2, 0) is 11.8 Å². The van der Waals surface area contributed by atoms with E-state index in [1.807, 2.05) is 30.2 Å².